The van der Waals surface area contributed by atoms with Gasteiger partial charge in [-0.1, -0.05) is 0 Å². The van der Waals surface area contributed by atoms with E-state index in [1.54, 1.807) is 12.1 Å². The first-order valence-corrected chi connectivity index (χ1v) is 7.32. The van der Waals surface area contributed by atoms with E-state index in [4.69, 9.17) is 0 Å². The Kier molecular flexibility index (Phi) is 5.11. The molecule has 2 aromatic carbocycles. The number of Topliss-reactive ketones (excluding diaryl/α,β-unsaturated/α-hetero) is 1. The Labute approximate surface area is 126 Å². The van der Waals surface area contributed by atoms with Crippen LogP contribution < -0.4 is 5.32 Å². The standard InChI is InChI=1S/C16H14FNO2S/c1-11(19)18-14-6-8-15(9-7-14)21-10-16(20)12-2-4-13(17)5-3-12/h2-9H,10H2,1H3,(H,18,19). The summed E-state index contributed by atoms with van der Waals surface area (Å²) in [5.74, 6) is -0.244. The lowest BCUT2D eigenvalue weighted by Gasteiger charge is -2.04. The molecule has 0 heterocycles. The van der Waals surface area contributed by atoms with Crippen LogP contribution in [0.2, 0.25) is 0 Å². The minimum Gasteiger partial charge on any atom is -0.326 e. The molecule has 0 aliphatic carbocycles. The van der Waals surface area contributed by atoms with Crippen LogP contribution in [-0.4, -0.2) is 17.4 Å². The molecule has 0 atom stereocenters. The van der Waals surface area contributed by atoms with Crippen molar-refractivity contribution in [2.45, 2.75) is 11.8 Å². The van der Waals surface area contributed by atoms with Gasteiger partial charge in [-0.3, -0.25) is 9.59 Å². The van der Waals surface area contributed by atoms with Crippen LogP contribution in [0.4, 0.5) is 10.1 Å². The van der Waals surface area contributed by atoms with Crippen LogP contribution in [0.1, 0.15) is 17.3 Å². The van der Waals surface area contributed by atoms with E-state index in [-0.39, 0.29) is 23.3 Å². The van der Waals surface area contributed by atoms with Gasteiger partial charge in [0, 0.05) is 23.1 Å². The molecule has 0 aliphatic heterocycles. The molecule has 0 bridgehead atoms. The Hall–Kier alpha value is -2.14. The van der Waals surface area contributed by atoms with Crippen molar-refractivity contribution in [2.24, 2.45) is 0 Å². The SMILES string of the molecule is CC(=O)Nc1ccc(SCC(=O)c2ccc(F)cc2)cc1. The van der Waals surface area contributed by atoms with Gasteiger partial charge >= 0.3 is 0 Å². The Bertz CT molecular complexity index is 638. The highest BCUT2D eigenvalue weighted by Gasteiger charge is 2.07. The molecule has 0 spiro atoms. The molecular formula is C16H14FNO2S. The Morgan fingerprint density at radius 1 is 1.05 bits per heavy atom. The van der Waals surface area contributed by atoms with Crippen molar-refractivity contribution >= 4 is 29.1 Å². The molecule has 3 nitrogen and oxygen atoms in total. The van der Waals surface area contributed by atoms with Crippen molar-refractivity contribution < 1.29 is 14.0 Å². The third kappa shape index (κ3) is 4.72. The number of nitrogens with one attached hydrogen (secondary N) is 1. The van der Waals surface area contributed by atoms with E-state index >= 15 is 0 Å². The Balaban J connectivity index is 1.92. The van der Waals surface area contributed by atoms with Gasteiger partial charge in [-0.25, -0.2) is 4.39 Å². The van der Waals surface area contributed by atoms with Gasteiger partial charge in [0.2, 0.25) is 5.91 Å². The summed E-state index contributed by atoms with van der Waals surface area (Å²) in [5.41, 5.74) is 1.22. The lowest BCUT2D eigenvalue weighted by Crippen LogP contribution is -2.05. The number of halogens is 1. The van der Waals surface area contributed by atoms with E-state index in [1.165, 1.54) is 43.0 Å². The lowest BCUT2D eigenvalue weighted by atomic mass is 10.1. The van der Waals surface area contributed by atoms with Crippen molar-refractivity contribution in [3.8, 4) is 0 Å². The molecule has 21 heavy (non-hydrogen) atoms. The molecule has 0 saturated heterocycles. The van der Waals surface area contributed by atoms with Gasteiger partial charge in [-0.05, 0) is 48.5 Å². The molecule has 0 aliphatic rings. The van der Waals surface area contributed by atoms with Crippen molar-refractivity contribution in [2.75, 3.05) is 11.1 Å². The van der Waals surface area contributed by atoms with Crippen LogP contribution in [0, 0.1) is 5.82 Å². The first-order chi connectivity index (χ1) is 10.0. The maximum atomic E-state index is 12.8. The number of carbonyl (C=O) groups excluding carboxylic acids is 2. The number of hydrogen-bond acceptors (Lipinski definition) is 3. The van der Waals surface area contributed by atoms with Gasteiger partial charge < -0.3 is 5.32 Å². The summed E-state index contributed by atoms with van der Waals surface area (Å²) in [6, 6.07) is 12.8. The van der Waals surface area contributed by atoms with Crippen LogP contribution >= 0.6 is 11.8 Å². The topological polar surface area (TPSA) is 46.2 Å². The molecule has 0 unspecified atom stereocenters. The number of amides is 1. The lowest BCUT2D eigenvalue weighted by molar-refractivity contribution is -0.114. The molecule has 2 aromatic rings. The van der Waals surface area contributed by atoms with Crippen molar-refractivity contribution in [3.63, 3.8) is 0 Å². The Morgan fingerprint density at radius 3 is 2.24 bits per heavy atom. The molecule has 108 valence electrons. The summed E-state index contributed by atoms with van der Waals surface area (Å²) in [4.78, 5) is 23.8. The molecule has 0 radical (unpaired) electrons. The highest BCUT2D eigenvalue weighted by Crippen LogP contribution is 2.21. The van der Waals surface area contributed by atoms with Gasteiger partial charge in [0.25, 0.3) is 0 Å². The second kappa shape index (κ2) is 7.04. The van der Waals surface area contributed by atoms with E-state index < -0.39 is 0 Å². The van der Waals surface area contributed by atoms with Crippen LogP contribution in [-0.2, 0) is 4.79 Å². The van der Waals surface area contributed by atoms with E-state index in [2.05, 4.69) is 5.32 Å². The molecule has 0 fully saturated rings. The Morgan fingerprint density at radius 2 is 1.67 bits per heavy atom. The number of benzene rings is 2. The number of carbonyl (C=O) groups is 2. The second-order valence-electron chi connectivity index (χ2n) is 4.42. The molecule has 1 N–H and O–H groups in total. The zero-order valence-corrected chi connectivity index (χ0v) is 12.2. The molecule has 5 heteroatoms. The monoisotopic (exact) mass is 303 g/mol. The third-order valence-electron chi connectivity index (χ3n) is 2.71. The summed E-state index contributed by atoms with van der Waals surface area (Å²) < 4.78 is 12.8. The van der Waals surface area contributed by atoms with Crippen LogP contribution in [0.5, 0.6) is 0 Å². The third-order valence-corrected chi connectivity index (χ3v) is 3.72. The van der Waals surface area contributed by atoms with Gasteiger partial charge in [0.15, 0.2) is 5.78 Å². The maximum absolute atomic E-state index is 12.8. The number of rotatable bonds is 5. The van der Waals surface area contributed by atoms with E-state index in [1.807, 2.05) is 12.1 Å². The molecule has 2 rings (SSSR count). The normalized spacial score (nSPS) is 10.2. The fraction of sp³-hybridized carbons (Fsp3) is 0.125. The highest BCUT2D eigenvalue weighted by molar-refractivity contribution is 8.00. The minimum atomic E-state index is -0.354. The fourth-order valence-electron chi connectivity index (χ4n) is 1.71. The van der Waals surface area contributed by atoms with Gasteiger partial charge in [0.05, 0.1) is 5.75 Å². The number of thioether (sulfide) groups is 1. The molecule has 1 amide bonds. The maximum Gasteiger partial charge on any atom is 0.221 e. The predicted molar refractivity (Wildman–Crippen MR) is 82.2 cm³/mol. The summed E-state index contributed by atoms with van der Waals surface area (Å²) >= 11 is 1.40. The van der Waals surface area contributed by atoms with Gasteiger partial charge in [-0.15, -0.1) is 11.8 Å². The van der Waals surface area contributed by atoms with Crippen LogP contribution in [0.25, 0.3) is 0 Å². The van der Waals surface area contributed by atoms with E-state index in [9.17, 15) is 14.0 Å². The fourth-order valence-corrected chi connectivity index (χ4v) is 2.50. The smallest absolute Gasteiger partial charge is 0.221 e. The van der Waals surface area contributed by atoms with Crippen molar-refractivity contribution in [1.29, 1.82) is 0 Å². The van der Waals surface area contributed by atoms with Gasteiger partial charge in [-0.2, -0.15) is 0 Å². The van der Waals surface area contributed by atoms with Crippen LogP contribution in [0.15, 0.2) is 53.4 Å². The quantitative estimate of drug-likeness (QED) is 0.676. The number of hydrogen-bond donors (Lipinski definition) is 1. The average Bonchev–Trinajstić information content (AvgIpc) is 2.46. The molecule has 0 saturated carbocycles. The summed E-state index contributed by atoms with van der Waals surface area (Å²) in [6.45, 7) is 1.45. The second-order valence-corrected chi connectivity index (χ2v) is 5.47. The molecule has 0 aromatic heterocycles. The van der Waals surface area contributed by atoms with E-state index in [0.29, 0.717) is 5.56 Å². The zero-order chi connectivity index (χ0) is 15.2. The van der Waals surface area contributed by atoms with Crippen molar-refractivity contribution in [1.82, 2.24) is 0 Å². The summed E-state index contributed by atoms with van der Waals surface area (Å²) in [6.07, 6.45) is 0. The largest absolute Gasteiger partial charge is 0.326 e. The van der Waals surface area contributed by atoms with E-state index in [0.717, 1.165) is 10.6 Å². The molecular weight excluding hydrogens is 289 g/mol. The van der Waals surface area contributed by atoms with Crippen LogP contribution in [0.3, 0.4) is 0 Å². The minimum absolute atomic E-state index is 0.0501. The first kappa shape index (κ1) is 15.3. The zero-order valence-electron chi connectivity index (χ0n) is 11.4. The first-order valence-electron chi connectivity index (χ1n) is 6.34. The summed E-state index contributed by atoms with van der Waals surface area (Å²) in [7, 11) is 0. The summed E-state index contributed by atoms with van der Waals surface area (Å²) in [5, 5.41) is 2.68. The predicted octanol–water partition coefficient (Wildman–Crippen LogP) is 3.76. The van der Waals surface area contributed by atoms with Crippen molar-refractivity contribution in [3.05, 3.63) is 59.9 Å². The highest BCUT2D eigenvalue weighted by atomic mass is 32.2. The van der Waals surface area contributed by atoms with Gasteiger partial charge in [0.1, 0.15) is 5.82 Å². The number of ketones is 1. The average molecular weight is 303 g/mol. The number of anilines is 1.